The van der Waals surface area contributed by atoms with Gasteiger partial charge in [0.05, 0.1) is 5.75 Å². The van der Waals surface area contributed by atoms with E-state index in [1.807, 2.05) is 39.8 Å². The number of aryl methyl sites for hydroxylation is 3. The van der Waals surface area contributed by atoms with Crippen LogP contribution in [0.25, 0.3) is 0 Å². The zero-order valence-corrected chi connectivity index (χ0v) is 15.9. The minimum Gasteiger partial charge on any atom is -0.337 e. The molecule has 0 spiro atoms. The molecule has 0 saturated carbocycles. The molecule has 1 aliphatic heterocycles. The highest BCUT2D eigenvalue weighted by atomic mass is 32.2. The molecule has 1 aromatic carbocycles. The first-order valence-electron chi connectivity index (χ1n) is 8.61. The fourth-order valence-electron chi connectivity index (χ4n) is 3.12. The Balaban J connectivity index is 2.14. The Morgan fingerprint density at radius 2 is 1.67 bits per heavy atom. The summed E-state index contributed by atoms with van der Waals surface area (Å²) in [6, 6.07) is 3.99. The molecule has 1 aliphatic rings. The molecule has 0 unspecified atom stereocenters. The highest BCUT2D eigenvalue weighted by Crippen LogP contribution is 2.19. The third-order valence-corrected chi connectivity index (χ3v) is 6.74. The molecule has 0 atom stereocenters. The van der Waals surface area contributed by atoms with Gasteiger partial charge in [0.25, 0.3) is 5.91 Å². The Kier molecular flexibility index (Phi) is 6.04. The normalized spacial score (nSPS) is 16.9. The van der Waals surface area contributed by atoms with Gasteiger partial charge < -0.3 is 4.90 Å². The number of sulfonamides is 1. The summed E-state index contributed by atoms with van der Waals surface area (Å²) in [4.78, 5) is 14.7. The van der Waals surface area contributed by atoms with Gasteiger partial charge in [-0.2, -0.15) is 0 Å². The first-order valence-corrected chi connectivity index (χ1v) is 10.2. The molecule has 6 heteroatoms. The second-order valence-electron chi connectivity index (χ2n) is 6.61. The SMILES string of the molecule is CCCS(=O)(=O)N1CCCN(C(=O)c2cc(C)c(C)cc2C)CC1. The van der Waals surface area contributed by atoms with E-state index in [0.29, 0.717) is 39.0 Å². The van der Waals surface area contributed by atoms with E-state index in [9.17, 15) is 13.2 Å². The van der Waals surface area contributed by atoms with E-state index in [0.717, 1.165) is 16.7 Å². The minimum atomic E-state index is -3.20. The first-order chi connectivity index (χ1) is 11.3. The Labute approximate surface area is 145 Å². The summed E-state index contributed by atoms with van der Waals surface area (Å²) >= 11 is 0. The average molecular weight is 353 g/mol. The molecule has 2 rings (SSSR count). The largest absolute Gasteiger partial charge is 0.337 e. The molecule has 1 fully saturated rings. The molecule has 24 heavy (non-hydrogen) atoms. The maximum absolute atomic E-state index is 12.9. The van der Waals surface area contributed by atoms with Gasteiger partial charge in [0.1, 0.15) is 0 Å². The van der Waals surface area contributed by atoms with Crippen molar-refractivity contribution < 1.29 is 13.2 Å². The van der Waals surface area contributed by atoms with E-state index in [1.54, 1.807) is 4.90 Å². The van der Waals surface area contributed by atoms with Crippen LogP contribution in [0.3, 0.4) is 0 Å². The zero-order valence-electron chi connectivity index (χ0n) is 15.1. The van der Waals surface area contributed by atoms with Crippen LogP contribution in [0.1, 0.15) is 46.8 Å². The molecule has 1 saturated heterocycles. The third kappa shape index (κ3) is 4.16. The Morgan fingerprint density at radius 3 is 2.33 bits per heavy atom. The number of hydrogen-bond acceptors (Lipinski definition) is 3. The second-order valence-corrected chi connectivity index (χ2v) is 8.70. The highest BCUT2D eigenvalue weighted by Gasteiger charge is 2.27. The lowest BCUT2D eigenvalue weighted by atomic mass is 10.00. The number of nitrogens with zero attached hydrogens (tertiary/aromatic N) is 2. The number of carbonyl (C=O) groups is 1. The molecular formula is C18H28N2O3S. The summed E-state index contributed by atoms with van der Waals surface area (Å²) in [6.07, 6.45) is 1.29. The van der Waals surface area contributed by atoms with Gasteiger partial charge in [-0.15, -0.1) is 0 Å². The summed E-state index contributed by atoms with van der Waals surface area (Å²) in [5, 5.41) is 0. The monoisotopic (exact) mass is 352 g/mol. The van der Waals surface area contributed by atoms with Crippen LogP contribution in [0, 0.1) is 20.8 Å². The van der Waals surface area contributed by atoms with Crippen LogP contribution < -0.4 is 0 Å². The van der Waals surface area contributed by atoms with Crippen LogP contribution >= 0.6 is 0 Å². The minimum absolute atomic E-state index is 0.00494. The van der Waals surface area contributed by atoms with Crippen LogP contribution in [-0.4, -0.2) is 55.5 Å². The van der Waals surface area contributed by atoms with Crippen LogP contribution in [0.5, 0.6) is 0 Å². The molecule has 134 valence electrons. The standard InChI is InChI=1S/C18H28N2O3S/c1-5-11-24(22,23)20-8-6-7-19(9-10-20)18(21)17-13-15(3)14(2)12-16(17)4/h12-13H,5-11H2,1-4H3. The Bertz CT molecular complexity index is 713. The van der Waals surface area contributed by atoms with Crippen LogP contribution in [0.4, 0.5) is 0 Å². The van der Waals surface area contributed by atoms with Crippen molar-refractivity contribution in [1.82, 2.24) is 9.21 Å². The lowest BCUT2D eigenvalue weighted by Gasteiger charge is -2.23. The molecular weight excluding hydrogens is 324 g/mol. The molecule has 0 bridgehead atoms. The fraction of sp³-hybridized carbons (Fsp3) is 0.611. The Hall–Kier alpha value is -1.40. The quantitative estimate of drug-likeness (QED) is 0.836. The molecule has 1 heterocycles. The van der Waals surface area contributed by atoms with Crippen LogP contribution in [0.2, 0.25) is 0 Å². The number of carbonyl (C=O) groups excluding carboxylic acids is 1. The average Bonchev–Trinajstić information content (AvgIpc) is 2.76. The van der Waals surface area contributed by atoms with E-state index < -0.39 is 10.0 Å². The predicted molar refractivity (Wildman–Crippen MR) is 96.8 cm³/mol. The molecule has 0 radical (unpaired) electrons. The molecule has 1 amide bonds. The van der Waals surface area contributed by atoms with Gasteiger partial charge in [0.15, 0.2) is 0 Å². The van der Waals surface area contributed by atoms with Gasteiger partial charge in [-0.25, -0.2) is 12.7 Å². The number of amides is 1. The Morgan fingerprint density at radius 1 is 1.00 bits per heavy atom. The summed E-state index contributed by atoms with van der Waals surface area (Å²) in [7, 11) is -3.20. The van der Waals surface area contributed by atoms with Crippen LogP contribution in [0.15, 0.2) is 12.1 Å². The molecule has 0 aliphatic carbocycles. The fourth-order valence-corrected chi connectivity index (χ4v) is 4.66. The molecule has 0 aromatic heterocycles. The van der Waals surface area contributed by atoms with Gasteiger partial charge >= 0.3 is 0 Å². The van der Waals surface area contributed by atoms with Crippen molar-refractivity contribution in [2.45, 2.75) is 40.5 Å². The van der Waals surface area contributed by atoms with E-state index in [1.165, 1.54) is 9.87 Å². The second kappa shape index (κ2) is 7.66. The van der Waals surface area contributed by atoms with Crippen LogP contribution in [-0.2, 0) is 10.0 Å². The molecule has 5 nitrogen and oxygen atoms in total. The lowest BCUT2D eigenvalue weighted by Crippen LogP contribution is -2.38. The zero-order chi connectivity index (χ0) is 17.9. The molecule has 1 aromatic rings. The maximum Gasteiger partial charge on any atom is 0.254 e. The van der Waals surface area contributed by atoms with Crippen molar-refractivity contribution in [1.29, 1.82) is 0 Å². The van der Waals surface area contributed by atoms with Gasteiger partial charge in [-0.3, -0.25) is 4.79 Å². The van der Waals surface area contributed by atoms with Crippen molar-refractivity contribution in [2.75, 3.05) is 31.9 Å². The van der Waals surface area contributed by atoms with Crippen molar-refractivity contribution >= 4 is 15.9 Å². The number of benzene rings is 1. The summed E-state index contributed by atoms with van der Waals surface area (Å²) in [5.41, 5.74) is 3.98. The summed E-state index contributed by atoms with van der Waals surface area (Å²) in [5.74, 6) is 0.183. The predicted octanol–water partition coefficient (Wildman–Crippen LogP) is 2.50. The summed E-state index contributed by atoms with van der Waals surface area (Å²) < 4.78 is 26.0. The number of hydrogen-bond donors (Lipinski definition) is 0. The van der Waals surface area contributed by atoms with E-state index >= 15 is 0 Å². The number of rotatable bonds is 4. The highest BCUT2D eigenvalue weighted by molar-refractivity contribution is 7.89. The lowest BCUT2D eigenvalue weighted by molar-refractivity contribution is 0.0763. The van der Waals surface area contributed by atoms with Crippen molar-refractivity contribution in [2.24, 2.45) is 0 Å². The maximum atomic E-state index is 12.9. The van der Waals surface area contributed by atoms with Gasteiger partial charge in [-0.05, 0) is 56.4 Å². The van der Waals surface area contributed by atoms with E-state index in [4.69, 9.17) is 0 Å². The third-order valence-electron chi connectivity index (χ3n) is 4.67. The van der Waals surface area contributed by atoms with E-state index in [-0.39, 0.29) is 11.7 Å². The van der Waals surface area contributed by atoms with Gasteiger partial charge in [-0.1, -0.05) is 13.0 Å². The van der Waals surface area contributed by atoms with Gasteiger partial charge in [0.2, 0.25) is 10.0 Å². The van der Waals surface area contributed by atoms with Crippen molar-refractivity contribution in [3.63, 3.8) is 0 Å². The van der Waals surface area contributed by atoms with Crippen molar-refractivity contribution in [3.8, 4) is 0 Å². The van der Waals surface area contributed by atoms with Gasteiger partial charge in [0, 0.05) is 31.7 Å². The van der Waals surface area contributed by atoms with E-state index in [2.05, 4.69) is 0 Å². The summed E-state index contributed by atoms with van der Waals surface area (Å²) in [6.45, 7) is 9.81. The topological polar surface area (TPSA) is 57.7 Å². The molecule has 0 N–H and O–H groups in total. The first kappa shape index (κ1) is 18.9. The smallest absolute Gasteiger partial charge is 0.254 e. The van der Waals surface area contributed by atoms with Crippen molar-refractivity contribution in [3.05, 3.63) is 34.4 Å².